The average Bonchev–Trinajstić information content (AvgIpc) is 3.26. The minimum Gasteiger partial charge on any atom is -0.367 e. The van der Waals surface area contributed by atoms with E-state index in [1.165, 1.54) is 17.0 Å². The molecule has 4 atom stereocenters. The van der Waals surface area contributed by atoms with Crippen molar-refractivity contribution in [3.63, 3.8) is 0 Å². The molecule has 1 unspecified atom stereocenters. The van der Waals surface area contributed by atoms with Crippen LogP contribution in [-0.2, 0) is 14.3 Å². The number of nitrogens with zero attached hydrogens (tertiary/aromatic N) is 2. The molecule has 3 aliphatic heterocycles. The first-order valence-electron chi connectivity index (χ1n) is 9.57. The molecule has 0 saturated carbocycles. The van der Waals surface area contributed by atoms with Crippen LogP contribution < -0.4 is 4.90 Å². The monoisotopic (exact) mass is 380 g/mol. The number of nitro benzene ring substituents is 1. The first kappa shape index (κ1) is 17.3. The first-order valence-corrected chi connectivity index (χ1v) is 9.57. The molecule has 2 aromatic rings. The van der Waals surface area contributed by atoms with E-state index in [1.807, 2.05) is 13.8 Å². The zero-order valence-corrected chi connectivity index (χ0v) is 15.7. The number of benzene rings is 2. The Bertz CT molecular complexity index is 1070. The van der Waals surface area contributed by atoms with Crippen molar-refractivity contribution >= 4 is 34.0 Å². The van der Waals surface area contributed by atoms with Crippen LogP contribution in [0.4, 0.5) is 11.4 Å². The number of non-ortho nitro benzene ring substituents is 1. The van der Waals surface area contributed by atoms with Crippen LogP contribution in [0.1, 0.15) is 33.1 Å². The number of anilines is 1. The summed E-state index contributed by atoms with van der Waals surface area (Å²) in [5, 5.41) is 12.3. The number of amides is 2. The number of rotatable bonds is 3. The summed E-state index contributed by atoms with van der Waals surface area (Å²) < 4.78 is 6.27. The fourth-order valence-electron chi connectivity index (χ4n) is 5.61. The second-order valence-corrected chi connectivity index (χ2v) is 8.21. The maximum Gasteiger partial charge on any atom is 0.277 e. The Labute approximate surface area is 161 Å². The molecule has 0 aromatic heterocycles. The number of carbonyl (C=O) groups excluding carboxylic acids is 2. The lowest BCUT2D eigenvalue weighted by Crippen LogP contribution is -2.41. The number of ether oxygens (including phenoxy) is 1. The highest BCUT2D eigenvalue weighted by atomic mass is 16.6. The van der Waals surface area contributed by atoms with Crippen molar-refractivity contribution in [2.75, 3.05) is 4.90 Å². The number of hydrogen-bond donors (Lipinski definition) is 0. The number of imide groups is 1. The van der Waals surface area contributed by atoms with Crippen LogP contribution in [0, 0.1) is 22.0 Å². The van der Waals surface area contributed by atoms with Crippen molar-refractivity contribution in [2.24, 2.45) is 11.8 Å². The number of nitro groups is 1. The Morgan fingerprint density at radius 2 is 1.79 bits per heavy atom. The largest absolute Gasteiger partial charge is 0.367 e. The molecular weight excluding hydrogens is 360 g/mol. The van der Waals surface area contributed by atoms with E-state index in [4.69, 9.17) is 4.74 Å². The molecule has 3 saturated heterocycles. The number of hydrogen-bond acceptors (Lipinski definition) is 5. The maximum absolute atomic E-state index is 13.4. The molecule has 3 fully saturated rings. The summed E-state index contributed by atoms with van der Waals surface area (Å²) in [6, 6.07) is 9.71. The Kier molecular flexibility index (Phi) is 3.33. The summed E-state index contributed by atoms with van der Waals surface area (Å²) in [6.07, 6.45) is 2.21. The van der Waals surface area contributed by atoms with Crippen LogP contribution in [0.25, 0.3) is 10.8 Å². The highest BCUT2D eigenvalue weighted by molar-refractivity contribution is 6.26. The second kappa shape index (κ2) is 5.38. The third-order valence-electron chi connectivity index (χ3n) is 6.93. The molecule has 3 heterocycles. The average molecular weight is 380 g/mol. The molecule has 7 heteroatoms. The number of fused-ring (bicyclic) bond motifs is 6. The van der Waals surface area contributed by atoms with Gasteiger partial charge in [-0.05, 0) is 38.3 Å². The summed E-state index contributed by atoms with van der Waals surface area (Å²) in [4.78, 5) is 39.0. The highest BCUT2D eigenvalue weighted by Crippen LogP contribution is 2.62. The molecule has 3 aliphatic rings. The minimum atomic E-state index is -0.626. The van der Waals surface area contributed by atoms with Gasteiger partial charge in [-0.25, -0.2) is 4.90 Å². The molecule has 0 radical (unpaired) electrons. The maximum atomic E-state index is 13.4. The second-order valence-electron chi connectivity index (χ2n) is 8.21. The molecule has 2 bridgehead atoms. The van der Waals surface area contributed by atoms with Crippen molar-refractivity contribution < 1.29 is 19.2 Å². The summed E-state index contributed by atoms with van der Waals surface area (Å²) in [5.74, 6) is -1.49. The minimum absolute atomic E-state index is 0.0426. The SMILES string of the molecule is CC[C@@]12CC[C@@](C)(O1)[C@H]1C(=O)N(c3ccc([N+](=O)[O-])c4ccccc34)C(=O)C12. The molecule has 0 N–H and O–H groups in total. The molecule has 0 aliphatic carbocycles. The van der Waals surface area contributed by atoms with Gasteiger partial charge >= 0.3 is 0 Å². The van der Waals surface area contributed by atoms with Crippen LogP contribution in [0.2, 0.25) is 0 Å². The van der Waals surface area contributed by atoms with Gasteiger partial charge in [0.05, 0.1) is 39.0 Å². The van der Waals surface area contributed by atoms with Crippen molar-refractivity contribution in [1.82, 2.24) is 0 Å². The lowest BCUT2D eigenvalue weighted by molar-refractivity contribution is -0.383. The van der Waals surface area contributed by atoms with E-state index in [0.717, 1.165) is 12.8 Å². The van der Waals surface area contributed by atoms with Gasteiger partial charge in [-0.3, -0.25) is 19.7 Å². The van der Waals surface area contributed by atoms with Crippen molar-refractivity contribution in [1.29, 1.82) is 0 Å². The topological polar surface area (TPSA) is 89.8 Å². The van der Waals surface area contributed by atoms with Crippen LogP contribution in [0.5, 0.6) is 0 Å². The van der Waals surface area contributed by atoms with Gasteiger partial charge in [0.2, 0.25) is 11.8 Å². The van der Waals surface area contributed by atoms with Crippen LogP contribution in [0.3, 0.4) is 0 Å². The van der Waals surface area contributed by atoms with Gasteiger partial charge in [0.15, 0.2) is 0 Å². The molecule has 2 amide bonds. The summed E-state index contributed by atoms with van der Waals surface area (Å²) >= 11 is 0. The molecule has 5 rings (SSSR count). The van der Waals surface area contributed by atoms with Gasteiger partial charge in [0, 0.05) is 11.5 Å². The van der Waals surface area contributed by atoms with Crippen LogP contribution in [0.15, 0.2) is 36.4 Å². The first-order chi connectivity index (χ1) is 13.3. The molecule has 7 nitrogen and oxygen atoms in total. The zero-order valence-electron chi connectivity index (χ0n) is 15.7. The Morgan fingerprint density at radius 3 is 2.46 bits per heavy atom. The standard InChI is InChI=1S/C21H20N2O5/c1-3-21-11-10-20(2,28-21)16-17(21)19(25)22(18(16)24)14-8-9-15(23(26)27)13-7-5-4-6-12(13)14/h4-9,16-17H,3,10-11H2,1-2H3/t16-,17?,20-,21+/m1/s1. The summed E-state index contributed by atoms with van der Waals surface area (Å²) in [7, 11) is 0. The normalized spacial score (nSPS) is 33.7. The Balaban J connectivity index is 1.68. The van der Waals surface area contributed by atoms with Gasteiger partial charge in [-0.2, -0.15) is 0 Å². The van der Waals surface area contributed by atoms with Gasteiger partial charge in [-0.1, -0.05) is 25.1 Å². The Hall–Kier alpha value is -2.80. The van der Waals surface area contributed by atoms with Crippen LogP contribution >= 0.6 is 0 Å². The van der Waals surface area contributed by atoms with Crippen molar-refractivity contribution in [3.8, 4) is 0 Å². The van der Waals surface area contributed by atoms with Crippen LogP contribution in [-0.4, -0.2) is 27.9 Å². The van der Waals surface area contributed by atoms with E-state index < -0.39 is 28.0 Å². The number of carbonyl (C=O) groups is 2. The highest BCUT2D eigenvalue weighted by Gasteiger charge is 2.73. The van der Waals surface area contributed by atoms with Gasteiger partial charge < -0.3 is 4.74 Å². The molecule has 0 spiro atoms. The molecule has 144 valence electrons. The van der Waals surface area contributed by atoms with E-state index in [0.29, 0.717) is 22.9 Å². The fourth-order valence-corrected chi connectivity index (χ4v) is 5.61. The van der Waals surface area contributed by atoms with E-state index in [-0.39, 0.29) is 17.5 Å². The van der Waals surface area contributed by atoms with E-state index in [9.17, 15) is 19.7 Å². The van der Waals surface area contributed by atoms with E-state index in [2.05, 4.69) is 0 Å². The Morgan fingerprint density at radius 1 is 1.11 bits per heavy atom. The van der Waals surface area contributed by atoms with Gasteiger partial charge in [0.25, 0.3) is 5.69 Å². The third-order valence-corrected chi connectivity index (χ3v) is 6.93. The lowest BCUT2D eigenvalue weighted by atomic mass is 9.67. The van der Waals surface area contributed by atoms with Crippen molar-refractivity contribution in [2.45, 2.75) is 44.3 Å². The van der Waals surface area contributed by atoms with Gasteiger partial charge in [0.1, 0.15) is 0 Å². The van der Waals surface area contributed by atoms with E-state index in [1.54, 1.807) is 24.3 Å². The summed E-state index contributed by atoms with van der Waals surface area (Å²) in [6.45, 7) is 3.92. The lowest BCUT2D eigenvalue weighted by Gasteiger charge is -2.29. The summed E-state index contributed by atoms with van der Waals surface area (Å²) in [5.41, 5.74) is -0.838. The quantitative estimate of drug-likeness (QED) is 0.461. The third kappa shape index (κ3) is 1.92. The predicted octanol–water partition coefficient (Wildman–Crippen LogP) is 3.59. The smallest absolute Gasteiger partial charge is 0.277 e. The molecule has 2 aromatic carbocycles. The molecular formula is C21H20N2O5. The zero-order chi connectivity index (χ0) is 19.8. The molecule has 28 heavy (non-hydrogen) atoms. The van der Waals surface area contributed by atoms with E-state index >= 15 is 0 Å². The van der Waals surface area contributed by atoms with Crippen molar-refractivity contribution in [3.05, 3.63) is 46.5 Å². The van der Waals surface area contributed by atoms with Gasteiger partial charge in [-0.15, -0.1) is 0 Å². The predicted molar refractivity (Wildman–Crippen MR) is 102 cm³/mol. The fraction of sp³-hybridized carbons (Fsp3) is 0.429.